The van der Waals surface area contributed by atoms with Crippen molar-refractivity contribution in [1.82, 2.24) is 19.3 Å². The SMILES string of the molecule is Cc1ccnc(-n2c3[c-]c(Oc4[c-]c(-n5cc(-c6c(C(C)(C)C)cc(C)c(C)c6C(C)(C)C)cn5)ccc4)ccc3c3ccccc32)c1.[Pt+2]. The molecule has 0 radical (unpaired) electrons. The van der Waals surface area contributed by atoms with Gasteiger partial charge in [-0.3, -0.25) is 4.68 Å². The summed E-state index contributed by atoms with van der Waals surface area (Å²) in [5.41, 5.74) is 11.6. The molecule has 250 valence electrons. The number of pyridine rings is 1. The molecule has 0 saturated heterocycles. The number of para-hydroxylation sites is 1. The summed E-state index contributed by atoms with van der Waals surface area (Å²) in [5, 5.41) is 7.08. The molecule has 0 aliphatic heterocycles. The maximum absolute atomic E-state index is 6.42. The minimum absolute atomic E-state index is 0. The quantitative estimate of drug-likeness (QED) is 0.162. The van der Waals surface area contributed by atoms with Crippen LogP contribution in [0.1, 0.15) is 69.4 Å². The molecule has 3 heterocycles. The Kier molecular flexibility index (Phi) is 8.96. The van der Waals surface area contributed by atoms with Gasteiger partial charge in [0, 0.05) is 35.0 Å². The second-order valence-corrected chi connectivity index (χ2v) is 14.9. The third-order valence-corrected chi connectivity index (χ3v) is 9.18. The van der Waals surface area contributed by atoms with Crippen LogP contribution < -0.4 is 4.74 Å². The van der Waals surface area contributed by atoms with E-state index in [1.165, 1.54) is 27.8 Å². The fourth-order valence-corrected chi connectivity index (χ4v) is 6.89. The summed E-state index contributed by atoms with van der Waals surface area (Å²) in [6.45, 7) is 20.3. The van der Waals surface area contributed by atoms with Crippen molar-refractivity contribution in [3.05, 3.63) is 131 Å². The second kappa shape index (κ2) is 12.8. The summed E-state index contributed by atoms with van der Waals surface area (Å²) in [5.74, 6) is 2.05. The van der Waals surface area contributed by atoms with Gasteiger partial charge >= 0.3 is 21.1 Å². The molecule has 0 atom stereocenters. The number of rotatable bonds is 5. The molecule has 3 aromatic heterocycles. The van der Waals surface area contributed by atoms with Crippen molar-refractivity contribution < 1.29 is 25.8 Å². The predicted molar refractivity (Wildman–Crippen MR) is 197 cm³/mol. The van der Waals surface area contributed by atoms with Gasteiger partial charge in [0.2, 0.25) is 0 Å². The molecule has 0 fully saturated rings. The van der Waals surface area contributed by atoms with Gasteiger partial charge in [0.1, 0.15) is 5.82 Å². The fraction of sp³-hybridized carbons (Fsp3) is 0.256. The minimum Gasteiger partial charge on any atom is -0.509 e. The van der Waals surface area contributed by atoms with Crippen LogP contribution in [0.4, 0.5) is 0 Å². The van der Waals surface area contributed by atoms with Gasteiger partial charge in [0.25, 0.3) is 0 Å². The standard InChI is InChI=1S/C43H42N4O.Pt/c1-27-19-20-44-39(21-27)47-37-16-11-10-15-34(37)35-18-17-33(24-38(35)47)48-32-14-12-13-31(23-32)46-26-30(25-45-46)40-36(42(4,5)6)22-28(2)29(3)41(40)43(7,8)9;/h10-22,25-26H,1-9H3;/q-2;+2. The maximum atomic E-state index is 6.42. The van der Waals surface area contributed by atoms with Crippen molar-refractivity contribution in [2.24, 2.45) is 0 Å². The molecule has 0 bridgehead atoms. The Hall–Kier alpha value is -4.47. The van der Waals surface area contributed by atoms with Crippen LogP contribution in [-0.2, 0) is 31.9 Å². The van der Waals surface area contributed by atoms with Gasteiger partial charge < -0.3 is 9.30 Å². The van der Waals surface area contributed by atoms with Gasteiger partial charge in [0.05, 0.1) is 6.20 Å². The summed E-state index contributed by atoms with van der Waals surface area (Å²) < 4.78 is 10.5. The Balaban J connectivity index is 0.00000417. The van der Waals surface area contributed by atoms with Gasteiger partial charge in [-0.05, 0) is 94.3 Å². The van der Waals surface area contributed by atoms with Crippen molar-refractivity contribution in [2.75, 3.05) is 0 Å². The molecule has 0 N–H and O–H groups in total. The first-order valence-electron chi connectivity index (χ1n) is 16.6. The topological polar surface area (TPSA) is 44.9 Å². The monoisotopic (exact) mass is 825 g/mol. The van der Waals surface area contributed by atoms with Gasteiger partial charge in [-0.2, -0.15) is 17.2 Å². The molecule has 0 aliphatic carbocycles. The van der Waals surface area contributed by atoms with Crippen LogP contribution in [0.15, 0.2) is 91.4 Å². The van der Waals surface area contributed by atoms with E-state index < -0.39 is 0 Å². The van der Waals surface area contributed by atoms with Crippen molar-refractivity contribution in [3.63, 3.8) is 0 Å². The van der Waals surface area contributed by atoms with Gasteiger partial charge in [-0.25, -0.2) is 4.98 Å². The number of nitrogens with zero attached hydrogens (tertiary/aromatic N) is 4. The molecule has 7 rings (SSSR count). The van der Waals surface area contributed by atoms with Crippen molar-refractivity contribution in [2.45, 2.75) is 73.1 Å². The molecule has 49 heavy (non-hydrogen) atoms. The average molecular weight is 826 g/mol. The molecule has 5 nitrogen and oxygen atoms in total. The Morgan fingerprint density at radius 3 is 2.24 bits per heavy atom. The number of hydrogen-bond donors (Lipinski definition) is 0. The molecule has 0 saturated carbocycles. The molecule has 0 unspecified atom stereocenters. The van der Waals surface area contributed by atoms with Crippen LogP contribution in [0.5, 0.6) is 11.5 Å². The summed E-state index contributed by atoms with van der Waals surface area (Å²) in [7, 11) is 0. The average Bonchev–Trinajstić information content (AvgIpc) is 3.64. The Labute approximate surface area is 304 Å². The van der Waals surface area contributed by atoms with E-state index in [9.17, 15) is 0 Å². The first-order chi connectivity index (χ1) is 22.8. The smallest absolute Gasteiger partial charge is 0.509 e. The van der Waals surface area contributed by atoms with E-state index in [-0.39, 0.29) is 31.9 Å². The van der Waals surface area contributed by atoms with Crippen LogP contribution in [0.3, 0.4) is 0 Å². The molecular formula is C43H42N4OPt. The van der Waals surface area contributed by atoms with E-state index in [1.54, 1.807) is 0 Å². The van der Waals surface area contributed by atoms with Crippen molar-refractivity contribution in [1.29, 1.82) is 0 Å². The predicted octanol–water partition coefficient (Wildman–Crippen LogP) is 10.9. The number of fused-ring (bicyclic) bond motifs is 3. The van der Waals surface area contributed by atoms with Crippen LogP contribution in [0, 0.1) is 32.9 Å². The number of ether oxygens (including phenoxy) is 1. The van der Waals surface area contributed by atoms with Crippen LogP contribution in [0.25, 0.3) is 44.4 Å². The third-order valence-electron chi connectivity index (χ3n) is 9.18. The molecular weight excluding hydrogens is 784 g/mol. The fourth-order valence-electron chi connectivity index (χ4n) is 6.89. The summed E-state index contributed by atoms with van der Waals surface area (Å²) in [4.78, 5) is 4.70. The van der Waals surface area contributed by atoms with Crippen LogP contribution in [-0.4, -0.2) is 19.3 Å². The van der Waals surface area contributed by atoms with Crippen molar-refractivity contribution in [3.8, 4) is 34.1 Å². The van der Waals surface area contributed by atoms with Crippen molar-refractivity contribution >= 4 is 21.8 Å². The van der Waals surface area contributed by atoms with E-state index in [4.69, 9.17) is 14.8 Å². The van der Waals surface area contributed by atoms with E-state index in [0.717, 1.165) is 44.4 Å². The molecule has 0 spiro atoms. The van der Waals surface area contributed by atoms with E-state index in [1.807, 2.05) is 47.4 Å². The van der Waals surface area contributed by atoms with Gasteiger partial charge in [-0.15, -0.1) is 35.7 Å². The summed E-state index contributed by atoms with van der Waals surface area (Å²) in [6, 6.07) is 31.8. The minimum atomic E-state index is -0.0356. The third kappa shape index (κ3) is 6.37. The van der Waals surface area contributed by atoms with Crippen LogP contribution >= 0.6 is 0 Å². The number of aromatic nitrogens is 4. The van der Waals surface area contributed by atoms with Gasteiger partial charge in [-0.1, -0.05) is 71.3 Å². The largest absolute Gasteiger partial charge is 2.00 e. The van der Waals surface area contributed by atoms with Gasteiger partial charge in [0.15, 0.2) is 0 Å². The van der Waals surface area contributed by atoms with E-state index >= 15 is 0 Å². The molecule has 6 heteroatoms. The number of aryl methyl sites for hydroxylation is 2. The molecule has 4 aromatic carbocycles. The molecule has 7 aromatic rings. The second-order valence-electron chi connectivity index (χ2n) is 14.9. The zero-order valence-corrected chi connectivity index (χ0v) is 31.9. The molecule has 0 amide bonds. The Morgan fingerprint density at radius 1 is 0.755 bits per heavy atom. The van der Waals surface area contributed by atoms with E-state index in [2.05, 4.69) is 128 Å². The zero-order chi connectivity index (χ0) is 34.0. The Morgan fingerprint density at radius 2 is 1.51 bits per heavy atom. The van der Waals surface area contributed by atoms with Crippen LogP contribution in [0.2, 0.25) is 0 Å². The number of hydrogen-bond acceptors (Lipinski definition) is 3. The van der Waals surface area contributed by atoms with E-state index in [0.29, 0.717) is 11.5 Å². The number of benzene rings is 4. The first-order valence-corrected chi connectivity index (χ1v) is 16.6. The molecule has 0 aliphatic rings. The summed E-state index contributed by atoms with van der Waals surface area (Å²) >= 11 is 0. The summed E-state index contributed by atoms with van der Waals surface area (Å²) in [6.07, 6.45) is 5.95. The maximum Gasteiger partial charge on any atom is 2.00 e. The Bertz CT molecular complexity index is 2330. The first kappa shape index (κ1) is 34.4. The normalized spacial score (nSPS) is 12.0. The zero-order valence-electron chi connectivity index (χ0n) is 29.7.